The van der Waals surface area contributed by atoms with Crippen LogP contribution >= 0.6 is 15.9 Å². The lowest BCUT2D eigenvalue weighted by Crippen LogP contribution is -2.23. The van der Waals surface area contributed by atoms with Gasteiger partial charge in [-0.05, 0) is 38.1 Å². The molecule has 106 valence electrons. The third kappa shape index (κ3) is 5.72. The number of aliphatic hydroxyl groups excluding tert-OH is 1. The summed E-state index contributed by atoms with van der Waals surface area (Å²) in [5, 5.41) is 8.53. The fraction of sp³-hybridized carbons (Fsp3) is 0.500. The molecular weight excluding hydrogens is 312 g/mol. The molecule has 0 spiro atoms. The van der Waals surface area contributed by atoms with Crippen LogP contribution in [0.3, 0.4) is 0 Å². The minimum absolute atomic E-state index is 0.0130. The van der Waals surface area contributed by atoms with Crippen LogP contribution in [0.25, 0.3) is 0 Å². The number of Topliss-reactive ketones (excluding diaryl/α,β-unsaturated/α-hetero) is 1. The van der Waals surface area contributed by atoms with E-state index in [9.17, 15) is 4.79 Å². The largest absolute Gasteiger partial charge is 0.491 e. The van der Waals surface area contributed by atoms with Crippen molar-refractivity contribution in [1.82, 2.24) is 0 Å². The highest BCUT2D eigenvalue weighted by atomic mass is 79.9. The summed E-state index contributed by atoms with van der Waals surface area (Å²) in [7, 11) is 0. The monoisotopic (exact) mass is 330 g/mol. The van der Waals surface area contributed by atoms with E-state index in [0.29, 0.717) is 31.1 Å². The van der Waals surface area contributed by atoms with Gasteiger partial charge in [-0.15, -0.1) is 0 Å². The number of alkyl halides is 1. The molecule has 0 atom stereocenters. The summed E-state index contributed by atoms with van der Waals surface area (Å²) in [6.07, 6.45) is 0. The Balaban J connectivity index is 2.46. The van der Waals surface area contributed by atoms with E-state index in [2.05, 4.69) is 15.9 Å². The van der Waals surface area contributed by atoms with E-state index < -0.39 is 4.32 Å². The number of halogens is 1. The predicted molar refractivity (Wildman–Crippen MR) is 77.2 cm³/mol. The second-order valence-corrected chi connectivity index (χ2v) is 6.49. The molecule has 0 aliphatic carbocycles. The molecule has 1 N–H and O–H groups in total. The van der Waals surface area contributed by atoms with E-state index in [1.807, 2.05) is 13.8 Å². The van der Waals surface area contributed by atoms with Gasteiger partial charge >= 0.3 is 0 Å². The van der Waals surface area contributed by atoms with Crippen molar-refractivity contribution in [3.8, 4) is 5.75 Å². The molecule has 0 fully saturated rings. The molecule has 19 heavy (non-hydrogen) atoms. The normalized spacial score (nSPS) is 11.4. The Morgan fingerprint density at radius 1 is 1.21 bits per heavy atom. The molecule has 0 bridgehead atoms. The molecule has 0 unspecified atom stereocenters. The van der Waals surface area contributed by atoms with Gasteiger partial charge in [0.2, 0.25) is 0 Å². The van der Waals surface area contributed by atoms with Crippen LogP contribution in [0.2, 0.25) is 0 Å². The molecule has 1 aromatic carbocycles. The van der Waals surface area contributed by atoms with Crippen molar-refractivity contribution in [2.45, 2.75) is 18.2 Å². The van der Waals surface area contributed by atoms with Gasteiger partial charge < -0.3 is 14.6 Å². The van der Waals surface area contributed by atoms with Gasteiger partial charge in [-0.1, -0.05) is 15.9 Å². The second-order valence-electron chi connectivity index (χ2n) is 4.51. The smallest absolute Gasteiger partial charge is 0.178 e. The lowest BCUT2D eigenvalue weighted by atomic mass is 10.0. The first-order chi connectivity index (χ1) is 8.95. The topological polar surface area (TPSA) is 55.8 Å². The molecule has 0 saturated carbocycles. The zero-order chi connectivity index (χ0) is 14.3. The predicted octanol–water partition coefficient (Wildman–Crippen LogP) is 2.43. The fourth-order valence-corrected chi connectivity index (χ4v) is 1.66. The van der Waals surface area contributed by atoms with Gasteiger partial charge in [0.05, 0.1) is 24.1 Å². The van der Waals surface area contributed by atoms with Gasteiger partial charge in [-0.3, -0.25) is 4.79 Å². The van der Waals surface area contributed by atoms with E-state index in [0.717, 1.165) is 0 Å². The Morgan fingerprint density at radius 2 is 1.84 bits per heavy atom. The van der Waals surface area contributed by atoms with Crippen LogP contribution in [-0.2, 0) is 4.74 Å². The van der Waals surface area contributed by atoms with E-state index in [4.69, 9.17) is 14.6 Å². The van der Waals surface area contributed by atoms with Crippen molar-refractivity contribution in [2.75, 3.05) is 26.4 Å². The summed E-state index contributed by atoms with van der Waals surface area (Å²) in [5.74, 6) is 0.724. The molecule has 0 aromatic heterocycles. The molecule has 0 saturated heterocycles. The zero-order valence-electron chi connectivity index (χ0n) is 11.2. The molecule has 5 heteroatoms. The quantitative estimate of drug-likeness (QED) is 0.452. The molecule has 0 aliphatic rings. The number of rotatable bonds is 8. The maximum absolute atomic E-state index is 12.0. The van der Waals surface area contributed by atoms with Crippen molar-refractivity contribution >= 4 is 21.7 Å². The molecule has 0 radical (unpaired) electrons. The molecular formula is C14H19BrO4. The van der Waals surface area contributed by atoms with Crippen LogP contribution in [0, 0.1) is 0 Å². The SMILES string of the molecule is CC(C)(Br)C(=O)c1ccc(OCCOCCO)cc1. The average molecular weight is 331 g/mol. The minimum Gasteiger partial charge on any atom is -0.491 e. The Labute approximate surface area is 121 Å². The van der Waals surface area contributed by atoms with Gasteiger partial charge in [0.15, 0.2) is 5.78 Å². The van der Waals surface area contributed by atoms with Gasteiger partial charge in [-0.25, -0.2) is 0 Å². The highest BCUT2D eigenvalue weighted by molar-refractivity contribution is 9.10. The number of ketones is 1. The minimum atomic E-state index is -0.562. The van der Waals surface area contributed by atoms with Crippen molar-refractivity contribution < 1.29 is 19.4 Å². The molecule has 4 nitrogen and oxygen atoms in total. The van der Waals surface area contributed by atoms with Crippen LogP contribution in [0.15, 0.2) is 24.3 Å². The number of hydrogen-bond donors (Lipinski definition) is 1. The van der Waals surface area contributed by atoms with Crippen LogP contribution in [-0.4, -0.2) is 41.6 Å². The first-order valence-corrected chi connectivity index (χ1v) is 6.89. The van der Waals surface area contributed by atoms with Gasteiger partial charge in [0, 0.05) is 5.56 Å². The van der Waals surface area contributed by atoms with Crippen LogP contribution in [0.5, 0.6) is 5.75 Å². The summed E-state index contributed by atoms with van der Waals surface area (Å²) < 4.78 is 9.96. The van der Waals surface area contributed by atoms with Crippen LogP contribution in [0.4, 0.5) is 0 Å². The number of ether oxygens (including phenoxy) is 2. The first-order valence-electron chi connectivity index (χ1n) is 6.10. The summed E-state index contributed by atoms with van der Waals surface area (Å²) >= 11 is 3.35. The number of aliphatic hydroxyl groups is 1. The number of benzene rings is 1. The molecule has 0 aliphatic heterocycles. The van der Waals surface area contributed by atoms with Crippen molar-refractivity contribution in [3.63, 3.8) is 0 Å². The lowest BCUT2D eigenvalue weighted by molar-refractivity contribution is 0.0705. The van der Waals surface area contributed by atoms with Crippen molar-refractivity contribution in [3.05, 3.63) is 29.8 Å². The Hall–Kier alpha value is -0.910. The van der Waals surface area contributed by atoms with Gasteiger partial charge in [-0.2, -0.15) is 0 Å². The lowest BCUT2D eigenvalue weighted by Gasteiger charge is -2.14. The summed E-state index contributed by atoms with van der Waals surface area (Å²) in [6, 6.07) is 7.01. The molecule has 0 amide bonds. The van der Waals surface area contributed by atoms with Crippen molar-refractivity contribution in [1.29, 1.82) is 0 Å². The number of carbonyl (C=O) groups is 1. The molecule has 0 heterocycles. The van der Waals surface area contributed by atoms with Gasteiger partial charge in [0.25, 0.3) is 0 Å². The summed E-state index contributed by atoms with van der Waals surface area (Å²) in [5.41, 5.74) is 0.644. The Kier molecular flexibility index (Phi) is 6.48. The first kappa shape index (κ1) is 16.1. The third-order valence-electron chi connectivity index (χ3n) is 2.39. The summed E-state index contributed by atoms with van der Waals surface area (Å²) in [6.45, 7) is 4.81. The standard InChI is InChI=1S/C14H19BrO4/c1-14(2,15)13(17)11-3-5-12(6-4-11)19-10-9-18-8-7-16/h3-6,16H,7-10H2,1-2H3. The van der Waals surface area contributed by atoms with E-state index in [1.165, 1.54) is 0 Å². The number of hydrogen-bond acceptors (Lipinski definition) is 4. The van der Waals surface area contributed by atoms with E-state index in [-0.39, 0.29) is 12.4 Å². The summed E-state index contributed by atoms with van der Waals surface area (Å²) in [4.78, 5) is 12.0. The molecule has 1 rings (SSSR count). The van der Waals surface area contributed by atoms with Gasteiger partial charge in [0.1, 0.15) is 12.4 Å². The zero-order valence-corrected chi connectivity index (χ0v) is 12.8. The third-order valence-corrected chi connectivity index (χ3v) is 2.75. The molecule has 1 aromatic rings. The maximum Gasteiger partial charge on any atom is 0.178 e. The maximum atomic E-state index is 12.0. The highest BCUT2D eigenvalue weighted by Crippen LogP contribution is 2.23. The van der Waals surface area contributed by atoms with Crippen LogP contribution < -0.4 is 4.74 Å². The van der Waals surface area contributed by atoms with E-state index >= 15 is 0 Å². The average Bonchev–Trinajstić information content (AvgIpc) is 2.37. The Bertz CT molecular complexity index is 395. The highest BCUT2D eigenvalue weighted by Gasteiger charge is 2.24. The van der Waals surface area contributed by atoms with E-state index in [1.54, 1.807) is 24.3 Å². The fourth-order valence-electron chi connectivity index (χ4n) is 1.43. The second kappa shape index (κ2) is 7.62. The van der Waals surface area contributed by atoms with Crippen molar-refractivity contribution in [2.24, 2.45) is 0 Å². The Morgan fingerprint density at radius 3 is 2.37 bits per heavy atom. The number of carbonyl (C=O) groups excluding carboxylic acids is 1. The van der Waals surface area contributed by atoms with Crippen LogP contribution in [0.1, 0.15) is 24.2 Å².